The minimum atomic E-state index is 0.710. The standard InChI is InChI=1S/C20H17NS/c1-14-6-7-15(2)18(10-14)12-19-8-9-20(22-19)17-5-3-4-16(11-17)13-21/h3-11H,12H2,1-2H3. The minimum Gasteiger partial charge on any atom is -0.192 e. The van der Waals surface area contributed by atoms with Crippen LogP contribution in [0, 0.1) is 25.2 Å². The van der Waals surface area contributed by atoms with E-state index in [9.17, 15) is 0 Å². The lowest BCUT2D eigenvalue weighted by molar-refractivity contribution is 1.18. The second-order valence-electron chi connectivity index (χ2n) is 5.57. The highest BCUT2D eigenvalue weighted by Crippen LogP contribution is 2.30. The molecule has 3 aromatic rings. The number of nitriles is 1. The Kier molecular flexibility index (Phi) is 4.09. The summed E-state index contributed by atoms with van der Waals surface area (Å²) < 4.78 is 0. The van der Waals surface area contributed by atoms with E-state index in [0.717, 1.165) is 12.0 Å². The summed E-state index contributed by atoms with van der Waals surface area (Å²) in [6, 6.07) is 21.0. The maximum atomic E-state index is 9.02. The number of hydrogen-bond acceptors (Lipinski definition) is 2. The van der Waals surface area contributed by atoms with E-state index in [1.54, 1.807) is 11.3 Å². The van der Waals surface area contributed by atoms with Gasteiger partial charge in [0.2, 0.25) is 0 Å². The van der Waals surface area contributed by atoms with E-state index < -0.39 is 0 Å². The lowest BCUT2D eigenvalue weighted by atomic mass is 10.0. The van der Waals surface area contributed by atoms with E-state index in [-0.39, 0.29) is 0 Å². The van der Waals surface area contributed by atoms with Crippen molar-refractivity contribution in [3.05, 3.63) is 81.7 Å². The molecule has 0 N–H and O–H groups in total. The molecular formula is C20H17NS. The highest BCUT2D eigenvalue weighted by atomic mass is 32.1. The van der Waals surface area contributed by atoms with Gasteiger partial charge in [-0.25, -0.2) is 0 Å². The van der Waals surface area contributed by atoms with Crippen LogP contribution in [0.4, 0.5) is 0 Å². The number of nitrogens with zero attached hydrogens (tertiary/aromatic N) is 1. The van der Waals surface area contributed by atoms with Gasteiger partial charge in [0.25, 0.3) is 0 Å². The van der Waals surface area contributed by atoms with Gasteiger partial charge in [0.05, 0.1) is 11.6 Å². The highest BCUT2D eigenvalue weighted by molar-refractivity contribution is 7.15. The van der Waals surface area contributed by atoms with Crippen LogP contribution in [-0.2, 0) is 6.42 Å². The summed E-state index contributed by atoms with van der Waals surface area (Å²) in [5, 5.41) is 9.02. The molecule has 108 valence electrons. The average molecular weight is 303 g/mol. The second kappa shape index (κ2) is 6.17. The van der Waals surface area contributed by atoms with Crippen LogP contribution in [0.25, 0.3) is 10.4 Å². The molecule has 0 amide bonds. The predicted octanol–water partition coefficient (Wildman–Crippen LogP) is 5.49. The van der Waals surface area contributed by atoms with Crippen LogP contribution in [0.5, 0.6) is 0 Å². The fraction of sp³-hybridized carbons (Fsp3) is 0.150. The van der Waals surface area contributed by atoms with Gasteiger partial charge in [0, 0.05) is 16.2 Å². The van der Waals surface area contributed by atoms with Crippen molar-refractivity contribution in [2.75, 3.05) is 0 Å². The molecule has 1 heterocycles. The van der Waals surface area contributed by atoms with Crippen LogP contribution in [0.1, 0.15) is 27.1 Å². The first-order valence-corrected chi connectivity index (χ1v) is 8.13. The fourth-order valence-corrected chi connectivity index (χ4v) is 3.58. The maximum absolute atomic E-state index is 9.02. The molecule has 0 radical (unpaired) electrons. The SMILES string of the molecule is Cc1ccc(C)c(Cc2ccc(-c3cccc(C#N)c3)s2)c1. The molecule has 0 bridgehead atoms. The van der Waals surface area contributed by atoms with Crippen molar-refractivity contribution >= 4 is 11.3 Å². The first-order chi connectivity index (χ1) is 10.7. The van der Waals surface area contributed by atoms with Crippen molar-refractivity contribution in [2.45, 2.75) is 20.3 Å². The molecule has 0 fully saturated rings. The van der Waals surface area contributed by atoms with Gasteiger partial charge >= 0.3 is 0 Å². The monoisotopic (exact) mass is 303 g/mol. The number of benzene rings is 2. The van der Waals surface area contributed by atoms with E-state index in [1.165, 1.54) is 26.4 Å². The molecule has 2 aromatic carbocycles. The van der Waals surface area contributed by atoms with Crippen LogP contribution >= 0.6 is 11.3 Å². The Bertz CT molecular complexity index is 852. The summed E-state index contributed by atoms with van der Waals surface area (Å²) in [5.74, 6) is 0. The Hall–Kier alpha value is -2.37. The lowest BCUT2D eigenvalue weighted by Crippen LogP contribution is -1.90. The second-order valence-corrected chi connectivity index (χ2v) is 6.73. The lowest BCUT2D eigenvalue weighted by Gasteiger charge is -2.05. The fourth-order valence-electron chi connectivity index (χ4n) is 2.55. The van der Waals surface area contributed by atoms with Crippen molar-refractivity contribution in [1.29, 1.82) is 5.26 Å². The number of aryl methyl sites for hydroxylation is 2. The number of thiophene rings is 1. The zero-order chi connectivity index (χ0) is 15.5. The van der Waals surface area contributed by atoms with Crippen molar-refractivity contribution < 1.29 is 0 Å². The zero-order valence-electron chi connectivity index (χ0n) is 12.8. The molecule has 1 nitrogen and oxygen atoms in total. The maximum Gasteiger partial charge on any atom is 0.0991 e. The topological polar surface area (TPSA) is 23.8 Å². The third-order valence-corrected chi connectivity index (χ3v) is 4.94. The molecule has 0 aliphatic heterocycles. The van der Waals surface area contributed by atoms with Crippen molar-refractivity contribution in [3.63, 3.8) is 0 Å². The molecule has 0 spiro atoms. The molecule has 0 unspecified atom stereocenters. The summed E-state index contributed by atoms with van der Waals surface area (Å²) in [6.45, 7) is 4.30. The van der Waals surface area contributed by atoms with Crippen LogP contribution in [0.3, 0.4) is 0 Å². The summed E-state index contributed by atoms with van der Waals surface area (Å²) in [4.78, 5) is 2.57. The van der Waals surface area contributed by atoms with E-state index in [0.29, 0.717) is 5.56 Å². The summed E-state index contributed by atoms with van der Waals surface area (Å²) in [6.07, 6.45) is 0.968. The normalized spacial score (nSPS) is 10.4. The molecule has 0 aliphatic rings. The van der Waals surface area contributed by atoms with Crippen molar-refractivity contribution in [1.82, 2.24) is 0 Å². The Morgan fingerprint density at radius 3 is 2.68 bits per heavy atom. The molecule has 0 saturated heterocycles. The third-order valence-electron chi connectivity index (χ3n) is 3.81. The van der Waals surface area contributed by atoms with Gasteiger partial charge < -0.3 is 0 Å². The third kappa shape index (κ3) is 3.10. The first-order valence-electron chi connectivity index (χ1n) is 7.31. The van der Waals surface area contributed by atoms with Crippen molar-refractivity contribution in [3.8, 4) is 16.5 Å². The summed E-state index contributed by atoms with van der Waals surface area (Å²) in [7, 11) is 0. The average Bonchev–Trinajstić information content (AvgIpc) is 2.99. The van der Waals surface area contributed by atoms with Gasteiger partial charge in [-0.2, -0.15) is 5.26 Å². The van der Waals surface area contributed by atoms with Crippen molar-refractivity contribution in [2.24, 2.45) is 0 Å². The molecule has 2 heteroatoms. The number of hydrogen-bond donors (Lipinski definition) is 0. The van der Waals surface area contributed by atoms with E-state index in [4.69, 9.17) is 5.26 Å². The van der Waals surface area contributed by atoms with Gasteiger partial charge in [0.1, 0.15) is 0 Å². The Labute approximate surface area is 135 Å². The predicted molar refractivity (Wildman–Crippen MR) is 93.2 cm³/mol. The number of rotatable bonds is 3. The summed E-state index contributed by atoms with van der Waals surface area (Å²) in [5.41, 5.74) is 5.86. The molecule has 0 aliphatic carbocycles. The first kappa shape index (κ1) is 14.6. The van der Waals surface area contributed by atoms with E-state index >= 15 is 0 Å². The quantitative estimate of drug-likeness (QED) is 0.627. The Morgan fingerprint density at radius 1 is 1.00 bits per heavy atom. The Morgan fingerprint density at radius 2 is 1.86 bits per heavy atom. The molecular weight excluding hydrogens is 286 g/mol. The molecule has 0 saturated carbocycles. The van der Waals surface area contributed by atoms with Crippen LogP contribution in [0.2, 0.25) is 0 Å². The molecule has 1 aromatic heterocycles. The van der Waals surface area contributed by atoms with Crippen LogP contribution in [-0.4, -0.2) is 0 Å². The Balaban J connectivity index is 1.88. The van der Waals surface area contributed by atoms with Gasteiger partial charge in [-0.3, -0.25) is 0 Å². The van der Waals surface area contributed by atoms with Gasteiger partial charge in [0.15, 0.2) is 0 Å². The summed E-state index contributed by atoms with van der Waals surface area (Å²) >= 11 is 1.81. The zero-order valence-corrected chi connectivity index (χ0v) is 13.6. The molecule has 3 rings (SSSR count). The highest BCUT2D eigenvalue weighted by Gasteiger charge is 2.06. The van der Waals surface area contributed by atoms with Crippen LogP contribution in [0.15, 0.2) is 54.6 Å². The smallest absolute Gasteiger partial charge is 0.0991 e. The molecule has 22 heavy (non-hydrogen) atoms. The molecule has 0 atom stereocenters. The van der Waals surface area contributed by atoms with Crippen LogP contribution < -0.4 is 0 Å². The minimum absolute atomic E-state index is 0.710. The van der Waals surface area contributed by atoms with Gasteiger partial charge in [-0.15, -0.1) is 11.3 Å². The van der Waals surface area contributed by atoms with Gasteiger partial charge in [-0.05, 0) is 54.8 Å². The van der Waals surface area contributed by atoms with E-state index in [2.05, 4.69) is 56.3 Å². The largest absolute Gasteiger partial charge is 0.192 e. The van der Waals surface area contributed by atoms with E-state index in [1.807, 2.05) is 18.2 Å². The van der Waals surface area contributed by atoms with Gasteiger partial charge in [-0.1, -0.05) is 35.9 Å².